The lowest BCUT2D eigenvalue weighted by atomic mass is 10.0. The van der Waals surface area contributed by atoms with E-state index in [1.54, 1.807) is 30.5 Å². The minimum absolute atomic E-state index is 0.0297. The van der Waals surface area contributed by atoms with Crippen molar-refractivity contribution in [3.05, 3.63) is 54.2 Å². The van der Waals surface area contributed by atoms with Gasteiger partial charge in [0.2, 0.25) is 17.7 Å². The molecule has 4 unspecified atom stereocenters. The maximum Gasteiger partial charge on any atom is 0.326 e. The fourth-order valence-electron chi connectivity index (χ4n) is 3.85. The predicted octanol–water partition coefficient (Wildman–Crippen LogP) is -1.99. The second-order valence-corrected chi connectivity index (χ2v) is 8.75. The van der Waals surface area contributed by atoms with Crippen molar-refractivity contribution in [1.82, 2.24) is 30.9 Å². The van der Waals surface area contributed by atoms with Gasteiger partial charge in [-0.15, -0.1) is 0 Å². The van der Waals surface area contributed by atoms with Gasteiger partial charge in [0.1, 0.15) is 18.1 Å². The van der Waals surface area contributed by atoms with Crippen molar-refractivity contribution < 1.29 is 39.3 Å². The molecule has 3 rings (SSSR count). The highest BCUT2D eigenvalue weighted by Gasteiger charge is 2.31. The second kappa shape index (κ2) is 13.2. The molecular weight excluding hydrogens is 514 g/mol. The number of aromatic nitrogens is 3. The number of nitrogens with two attached hydrogens (primary N) is 1. The fourth-order valence-corrected chi connectivity index (χ4v) is 3.85. The van der Waals surface area contributed by atoms with E-state index in [2.05, 4.69) is 30.9 Å². The number of amides is 3. The van der Waals surface area contributed by atoms with Crippen LogP contribution in [0.5, 0.6) is 0 Å². The molecule has 0 spiro atoms. The second-order valence-electron chi connectivity index (χ2n) is 8.75. The van der Waals surface area contributed by atoms with Crippen molar-refractivity contribution in [1.29, 1.82) is 0 Å². The maximum atomic E-state index is 12.8. The molecule has 2 aromatic heterocycles. The number of aromatic amines is 2. The Bertz CT molecular complexity index is 1320. The Hall–Kier alpha value is -4.76. The number of benzene rings is 1. The molecule has 4 atom stereocenters. The summed E-state index contributed by atoms with van der Waals surface area (Å²) in [5, 5.41) is 36.0. The molecule has 0 saturated carbocycles. The molecule has 0 radical (unpaired) electrons. The van der Waals surface area contributed by atoms with Crippen molar-refractivity contribution in [2.45, 2.75) is 43.4 Å². The third-order valence-corrected chi connectivity index (χ3v) is 5.87. The van der Waals surface area contributed by atoms with Crippen LogP contribution in [0.4, 0.5) is 0 Å². The van der Waals surface area contributed by atoms with Crippen LogP contribution >= 0.6 is 0 Å². The average molecular weight is 544 g/mol. The van der Waals surface area contributed by atoms with E-state index in [1.807, 2.05) is 0 Å². The summed E-state index contributed by atoms with van der Waals surface area (Å²) in [5.74, 6) is -5.71. The molecule has 39 heavy (non-hydrogen) atoms. The minimum atomic E-state index is -1.63. The fraction of sp³-hybridized carbons (Fsp3) is 0.333. The van der Waals surface area contributed by atoms with Crippen LogP contribution in [0.3, 0.4) is 0 Å². The van der Waals surface area contributed by atoms with E-state index in [9.17, 15) is 39.3 Å². The Labute approximate surface area is 221 Å². The van der Waals surface area contributed by atoms with Crippen LogP contribution in [-0.4, -0.2) is 90.7 Å². The Morgan fingerprint density at radius 2 is 1.56 bits per heavy atom. The van der Waals surface area contributed by atoms with Gasteiger partial charge in [-0.05, 0) is 11.6 Å². The number of carbonyl (C=O) groups excluding carboxylic acids is 3. The lowest BCUT2D eigenvalue weighted by Gasteiger charge is -2.23. The number of nitrogens with one attached hydrogen (secondary N) is 5. The van der Waals surface area contributed by atoms with Gasteiger partial charge < -0.3 is 47.0 Å². The van der Waals surface area contributed by atoms with E-state index in [1.165, 1.54) is 12.5 Å². The van der Waals surface area contributed by atoms with Crippen LogP contribution in [0.2, 0.25) is 0 Å². The number of hydrogen-bond donors (Lipinski definition) is 9. The van der Waals surface area contributed by atoms with E-state index >= 15 is 0 Å². The lowest BCUT2D eigenvalue weighted by Crippen LogP contribution is -2.58. The molecule has 3 aromatic rings. The van der Waals surface area contributed by atoms with Crippen molar-refractivity contribution >= 4 is 40.6 Å². The molecule has 2 heterocycles. The largest absolute Gasteiger partial charge is 0.481 e. The summed E-state index contributed by atoms with van der Waals surface area (Å²) in [4.78, 5) is 70.8. The molecule has 0 bridgehead atoms. The summed E-state index contributed by atoms with van der Waals surface area (Å²) < 4.78 is 0. The topological polar surface area (TPSA) is 253 Å². The highest BCUT2D eigenvalue weighted by molar-refractivity contribution is 5.96. The number of para-hydroxylation sites is 1. The smallest absolute Gasteiger partial charge is 0.326 e. The van der Waals surface area contributed by atoms with Gasteiger partial charge in [0.15, 0.2) is 0 Å². The summed E-state index contributed by atoms with van der Waals surface area (Å²) in [5.41, 5.74) is 7.77. The van der Waals surface area contributed by atoms with Gasteiger partial charge in [0.25, 0.3) is 0 Å². The van der Waals surface area contributed by atoms with Gasteiger partial charge in [-0.2, -0.15) is 0 Å². The molecule has 3 amide bonds. The predicted molar refractivity (Wildman–Crippen MR) is 135 cm³/mol. The van der Waals surface area contributed by atoms with Crippen LogP contribution in [0.1, 0.15) is 17.7 Å². The van der Waals surface area contributed by atoms with Gasteiger partial charge in [-0.25, -0.2) is 9.78 Å². The molecule has 15 heteroatoms. The SMILES string of the molecule is NC(Cc1cnc[nH]1)C(=O)NC(CC(=O)O)C(=O)NC(CO)C(=O)NC(Cc1c[nH]c2ccccc12)C(=O)O. The summed E-state index contributed by atoms with van der Waals surface area (Å²) in [6, 6.07) is 1.37. The number of carboxylic acids is 2. The molecule has 0 aliphatic carbocycles. The summed E-state index contributed by atoms with van der Waals surface area (Å²) in [6.07, 6.45) is 3.55. The number of imidazole rings is 1. The number of rotatable bonds is 14. The highest BCUT2D eigenvalue weighted by atomic mass is 16.4. The standard InChI is InChI=1S/C24H29N7O8/c25-15(6-13-9-26-11-28-13)21(35)29-17(7-20(33)34)22(36)31-19(10-32)23(37)30-18(24(38)39)5-12-8-27-16-4-2-1-3-14(12)16/h1-4,8-9,11,15,17-19,27,32H,5-7,10,25H2,(H,26,28)(H,29,35)(H,30,37)(H,31,36)(H,33,34)(H,38,39). The number of carbonyl (C=O) groups is 5. The first-order chi connectivity index (χ1) is 18.6. The lowest BCUT2D eigenvalue weighted by molar-refractivity contribution is -0.143. The van der Waals surface area contributed by atoms with Gasteiger partial charge >= 0.3 is 11.9 Å². The quantitative estimate of drug-likeness (QED) is 0.108. The molecule has 0 aliphatic heterocycles. The van der Waals surface area contributed by atoms with Gasteiger partial charge in [0.05, 0.1) is 25.4 Å². The third-order valence-electron chi connectivity index (χ3n) is 5.87. The number of H-pyrrole nitrogens is 2. The first kappa shape index (κ1) is 28.8. The number of aliphatic hydroxyl groups is 1. The van der Waals surface area contributed by atoms with E-state index in [4.69, 9.17) is 5.73 Å². The van der Waals surface area contributed by atoms with Crippen molar-refractivity contribution in [3.8, 4) is 0 Å². The molecule has 1 aromatic carbocycles. The van der Waals surface area contributed by atoms with Crippen LogP contribution in [-0.2, 0) is 36.8 Å². The van der Waals surface area contributed by atoms with E-state index < -0.39 is 66.9 Å². The van der Waals surface area contributed by atoms with Gasteiger partial charge in [0, 0.05) is 41.8 Å². The van der Waals surface area contributed by atoms with Crippen molar-refractivity contribution in [2.75, 3.05) is 6.61 Å². The Morgan fingerprint density at radius 1 is 0.897 bits per heavy atom. The monoisotopic (exact) mass is 543 g/mol. The normalized spacial score (nSPS) is 14.1. The van der Waals surface area contributed by atoms with E-state index in [0.29, 0.717) is 11.3 Å². The highest BCUT2D eigenvalue weighted by Crippen LogP contribution is 2.19. The average Bonchev–Trinajstić information content (AvgIpc) is 3.55. The van der Waals surface area contributed by atoms with Crippen LogP contribution in [0.25, 0.3) is 10.9 Å². The first-order valence-corrected chi connectivity index (χ1v) is 11.8. The van der Waals surface area contributed by atoms with Crippen LogP contribution in [0.15, 0.2) is 43.0 Å². The third kappa shape index (κ3) is 7.86. The molecule has 0 aliphatic rings. The number of fused-ring (bicyclic) bond motifs is 1. The number of carboxylic acid groups (broad SMARTS) is 2. The van der Waals surface area contributed by atoms with E-state index in [0.717, 1.165) is 10.9 Å². The number of nitrogens with zero attached hydrogens (tertiary/aromatic N) is 1. The van der Waals surface area contributed by atoms with Gasteiger partial charge in [-0.1, -0.05) is 18.2 Å². The molecule has 0 saturated heterocycles. The number of hydrogen-bond acceptors (Lipinski definition) is 8. The van der Waals surface area contributed by atoms with Crippen molar-refractivity contribution in [2.24, 2.45) is 5.73 Å². The zero-order valence-corrected chi connectivity index (χ0v) is 20.6. The number of aliphatic carboxylic acids is 2. The molecule has 10 N–H and O–H groups in total. The van der Waals surface area contributed by atoms with E-state index in [-0.39, 0.29) is 12.8 Å². The summed E-state index contributed by atoms with van der Waals surface area (Å²) >= 11 is 0. The van der Waals surface area contributed by atoms with Crippen LogP contribution in [0, 0.1) is 0 Å². The van der Waals surface area contributed by atoms with Gasteiger partial charge in [-0.3, -0.25) is 19.2 Å². The molecule has 15 nitrogen and oxygen atoms in total. The summed E-state index contributed by atoms with van der Waals surface area (Å²) in [6.45, 7) is -0.927. The summed E-state index contributed by atoms with van der Waals surface area (Å²) in [7, 11) is 0. The van der Waals surface area contributed by atoms with Crippen LogP contribution < -0.4 is 21.7 Å². The van der Waals surface area contributed by atoms with Crippen molar-refractivity contribution in [3.63, 3.8) is 0 Å². The zero-order chi connectivity index (χ0) is 28.5. The maximum absolute atomic E-state index is 12.8. The Balaban J connectivity index is 1.65. The zero-order valence-electron chi connectivity index (χ0n) is 20.6. The Kier molecular flexibility index (Phi) is 9.72. The Morgan fingerprint density at radius 3 is 2.21 bits per heavy atom. The molecular formula is C24H29N7O8. The molecule has 208 valence electrons. The minimum Gasteiger partial charge on any atom is -0.481 e. The first-order valence-electron chi connectivity index (χ1n) is 11.8. The molecule has 0 fully saturated rings. The number of aliphatic hydroxyl groups excluding tert-OH is 1.